The van der Waals surface area contributed by atoms with Gasteiger partial charge in [-0.15, -0.1) is 0 Å². The van der Waals surface area contributed by atoms with Gasteiger partial charge in [-0.25, -0.2) is 0 Å². The van der Waals surface area contributed by atoms with Crippen LogP contribution in [-0.2, 0) is 0 Å². The molecule has 0 saturated heterocycles. The summed E-state index contributed by atoms with van der Waals surface area (Å²) in [6.07, 6.45) is 0. The van der Waals surface area contributed by atoms with Crippen molar-refractivity contribution in [2.24, 2.45) is 0 Å². The van der Waals surface area contributed by atoms with Gasteiger partial charge in [0, 0.05) is 16.3 Å². The highest BCUT2D eigenvalue weighted by Gasteiger charge is 2.13. The number of H-pyrrole nitrogens is 1. The van der Waals surface area contributed by atoms with Crippen LogP contribution in [0.3, 0.4) is 0 Å². The minimum Gasteiger partial charge on any atom is -0.507 e. The van der Waals surface area contributed by atoms with E-state index in [2.05, 4.69) is 18.8 Å². The molecule has 0 saturated carbocycles. The van der Waals surface area contributed by atoms with Crippen molar-refractivity contribution in [2.75, 3.05) is 0 Å². The lowest BCUT2D eigenvalue weighted by molar-refractivity contribution is 0.482. The van der Waals surface area contributed by atoms with Crippen LogP contribution in [0, 0.1) is 0 Å². The van der Waals surface area contributed by atoms with Crippen molar-refractivity contribution in [1.29, 1.82) is 0 Å². The second-order valence-electron chi connectivity index (χ2n) is 4.75. The Hall–Kier alpha value is -1.96. The van der Waals surface area contributed by atoms with Gasteiger partial charge in [0.05, 0.1) is 5.52 Å². The molecule has 0 atom stereocenters. The van der Waals surface area contributed by atoms with E-state index in [-0.39, 0.29) is 0 Å². The molecule has 1 aromatic heterocycles. The molecular weight excluding hydrogens is 210 g/mol. The second-order valence-corrected chi connectivity index (χ2v) is 4.75. The Morgan fingerprint density at radius 2 is 1.82 bits per heavy atom. The molecule has 0 unspecified atom stereocenters. The van der Waals surface area contributed by atoms with Gasteiger partial charge in [0.15, 0.2) is 0 Å². The monoisotopic (exact) mass is 225 g/mol. The van der Waals surface area contributed by atoms with Crippen molar-refractivity contribution in [3.05, 3.63) is 42.0 Å². The van der Waals surface area contributed by atoms with E-state index in [4.69, 9.17) is 0 Å². The van der Waals surface area contributed by atoms with E-state index in [1.807, 2.05) is 30.3 Å². The maximum absolute atomic E-state index is 10.0. The highest BCUT2D eigenvalue weighted by molar-refractivity contribution is 6.11. The number of para-hydroxylation sites is 1. The fourth-order valence-corrected chi connectivity index (χ4v) is 2.44. The molecule has 1 heterocycles. The van der Waals surface area contributed by atoms with Crippen molar-refractivity contribution in [3.63, 3.8) is 0 Å². The van der Waals surface area contributed by atoms with Crippen LogP contribution in [0.5, 0.6) is 5.75 Å². The number of phenolic OH excluding ortho intramolecular Hbond substituents is 1. The molecule has 0 radical (unpaired) electrons. The van der Waals surface area contributed by atoms with Crippen LogP contribution in [0.4, 0.5) is 0 Å². The summed E-state index contributed by atoms with van der Waals surface area (Å²) in [5.74, 6) is 0.785. The summed E-state index contributed by atoms with van der Waals surface area (Å²) in [5.41, 5.74) is 3.38. The molecule has 3 rings (SSSR count). The zero-order valence-corrected chi connectivity index (χ0v) is 9.99. The number of rotatable bonds is 1. The summed E-state index contributed by atoms with van der Waals surface area (Å²) in [5, 5.41) is 12.1. The van der Waals surface area contributed by atoms with Crippen LogP contribution in [0.15, 0.2) is 36.4 Å². The van der Waals surface area contributed by atoms with Crippen LogP contribution in [-0.4, -0.2) is 10.1 Å². The number of benzene rings is 2. The number of nitrogens with one attached hydrogen (secondary N) is 1. The Bertz CT molecular complexity index is 695. The van der Waals surface area contributed by atoms with Gasteiger partial charge in [-0.05, 0) is 23.6 Å². The van der Waals surface area contributed by atoms with E-state index in [0.29, 0.717) is 11.7 Å². The number of aromatic hydroxyl groups is 1. The molecule has 86 valence electrons. The molecule has 0 fully saturated rings. The minimum absolute atomic E-state index is 0.349. The zero-order chi connectivity index (χ0) is 12.0. The van der Waals surface area contributed by atoms with Gasteiger partial charge in [-0.2, -0.15) is 0 Å². The fraction of sp³-hybridized carbons (Fsp3) is 0.200. The number of fused-ring (bicyclic) bond motifs is 3. The molecule has 17 heavy (non-hydrogen) atoms. The number of phenols is 1. The first-order chi connectivity index (χ1) is 8.18. The highest BCUT2D eigenvalue weighted by atomic mass is 16.3. The Labute approximate surface area is 99.9 Å². The maximum Gasteiger partial charge on any atom is 0.125 e. The van der Waals surface area contributed by atoms with Gasteiger partial charge < -0.3 is 10.1 Å². The van der Waals surface area contributed by atoms with E-state index in [9.17, 15) is 5.11 Å². The SMILES string of the molecule is CC(C)c1ccc(O)c2c1[nH]c1ccccc12. The number of aromatic amines is 1. The molecule has 0 aliphatic rings. The average molecular weight is 225 g/mol. The second kappa shape index (κ2) is 3.52. The molecule has 0 aliphatic heterocycles. The molecular formula is C15H15NO. The van der Waals surface area contributed by atoms with Crippen LogP contribution in [0.1, 0.15) is 25.3 Å². The summed E-state index contributed by atoms with van der Waals surface area (Å²) in [6, 6.07) is 11.9. The van der Waals surface area contributed by atoms with Crippen LogP contribution in [0.25, 0.3) is 21.8 Å². The standard InChI is InChI=1S/C15H15NO/c1-9(2)10-7-8-13(17)14-11-5-3-4-6-12(11)16-15(10)14/h3-9,16-17H,1-2H3. The van der Waals surface area contributed by atoms with Crippen molar-refractivity contribution in [2.45, 2.75) is 19.8 Å². The topological polar surface area (TPSA) is 36.0 Å². The predicted molar refractivity (Wildman–Crippen MR) is 71.6 cm³/mol. The van der Waals surface area contributed by atoms with Crippen molar-refractivity contribution >= 4 is 21.8 Å². The van der Waals surface area contributed by atoms with Gasteiger partial charge in [0.2, 0.25) is 0 Å². The van der Waals surface area contributed by atoms with Gasteiger partial charge in [-0.1, -0.05) is 38.1 Å². The fourth-order valence-electron chi connectivity index (χ4n) is 2.44. The third kappa shape index (κ3) is 1.41. The quantitative estimate of drug-likeness (QED) is 0.641. The Balaban J connectivity index is 2.54. The first kappa shape index (κ1) is 10.2. The maximum atomic E-state index is 10.0. The van der Waals surface area contributed by atoms with Crippen molar-refractivity contribution < 1.29 is 5.11 Å². The number of hydrogen-bond donors (Lipinski definition) is 2. The van der Waals surface area contributed by atoms with E-state index < -0.39 is 0 Å². The lowest BCUT2D eigenvalue weighted by atomic mass is 9.99. The molecule has 0 aliphatic carbocycles. The van der Waals surface area contributed by atoms with Crippen LogP contribution in [0.2, 0.25) is 0 Å². The van der Waals surface area contributed by atoms with E-state index in [1.54, 1.807) is 6.07 Å². The largest absolute Gasteiger partial charge is 0.507 e. The van der Waals surface area contributed by atoms with Gasteiger partial charge in [0.25, 0.3) is 0 Å². The molecule has 0 spiro atoms. The van der Waals surface area contributed by atoms with Crippen LogP contribution >= 0.6 is 0 Å². The van der Waals surface area contributed by atoms with Crippen molar-refractivity contribution in [3.8, 4) is 5.75 Å². The van der Waals surface area contributed by atoms with E-state index in [0.717, 1.165) is 21.8 Å². The minimum atomic E-state index is 0.349. The molecule has 2 N–H and O–H groups in total. The van der Waals surface area contributed by atoms with E-state index in [1.165, 1.54) is 5.56 Å². The van der Waals surface area contributed by atoms with Crippen LogP contribution < -0.4 is 0 Å². The zero-order valence-electron chi connectivity index (χ0n) is 9.99. The number of hydrogen-bond acceptors (Lipinski definition) is 1. The van der Waals surface area contributed by atoms with Gasteiger partial charge in [0.1, 0.15) is 5.75 Å². The molecule has 0 amide bonds. The summed E-state index contributed by atoms with van der Waals surface area (Å²) in [6.45, 7) is 4.33. The molecule has 3 aromatic rings. The lowest BCUT2D eigenvalue weighted by Gasteiger charge is -2.07. The van der Waals surface area contributed by atoms with Crippen molar-refractivity contribution in [1.82, 2.24) is 4.98 Å². The average Bonchev–Trinajstić information content (AvgIpc) is 2.68. The normalized spacial score (nSPS) is 11.7. The summed E-state index contributed by atoms with van der Waals surface area (Å²) in [7, 11) is 0. The van der Waals surface area contributed by atoms with Gasteiger partial charge >= 0.3 is 0 Å². The Morgan fingerprint density at radius 1 is 1.06 bits per heavy atom. The third-order valence-corrected chi connectivity index (χ3v) is 3.29. The lowest BCUT2D eigenvalue weighted by Crippen LogP contribution is -1.88. The number of aromatic nitrogens is 1. The summed E-state index contributed by atoms with van der Waals surface area (Å²) in [4.78, 5) is 3.41. The molecule has 0 bridgehead atoms. The molecule has 2 aromatic carbocycles. The summed E-state index contributed by atoms with van der Waals surface area (Å²) >= 11 is 0. The predicted octanol–water partition coefficient (Wildman–Crippen LogP) is 4.15. The third-order valence-electron chi connectivity index (χ3n) is 3.29. The van der Waals surface area contributed by atoms with Gasteiger partial charge in [-0.3, -0.25) is 0 Å². The molecule has 2 nitrogen and oxygen atoms in total. The first-order valence-corrected chi connectivity index (χ1v) is 5.91. The Morgan fingerprint density at radius 3 is 2.59 bits per heavy atom. The first-order valence-electron chi connectivity index (χ1n) is 5.91. The highest BCUT2D eigenvalue weighted by Crippen LogP contribution is 2.36. The smallest absolute Gasteiger partial charge is 0.125 e. The van der Waals surface area contributed by atoms with E-state index >= 15 is 0 Å². The summed E-state index contributed by atoms with van der Waals surface area (Å²) < 4.78 is 0. The Kier molecular flexibility index (Phi) is 2.11. The molecule has 2 heteroatoms.